The molecule has 0 spiro atoms. The summed E-state index contributed by atoms with van der Waals surface area (Å²) >= 11 is 0. The van der Waals surface area contributed by atoms with Crippen LogP contribution in [0.2, 0.25) is 0 Å². The summed E-state index contributed by atoms with van der Waals surface area (Å²) in [7, 11) is -3.70. The van der Waals surface area contributed by atoms with Gasteiger partial charge in [0.05, 0.1) is 11.4 Å². The molecule has 0 aliphatic carbocycles. The number of nitrogens with two attached hydrogens (primary N) is 1. The molecule has 0 atom stereocenters. The van der Waals surface area contributed by atoms with Gasteiger partial charge in [-0.05, 0) is 24.7 Å². The van der Waals surface area contributed by atoms with Crippen LogP contribution >= 0.6 is 0 Å². The molecule has 0 saturated carbocycles. The van der Waals surface area contributed by atoms with E-state index < -0.39 is 10.0 Å². The summed E-state index contributed by atoms with van der Waals surface area (Å²) in [5.74, 6) is 0. The van der Waals surface area contributed by atoms with E-state index in [2.05, 4.69) is 25.9 Å². The summed E-state index contributed by atoms with van der Waals surface area (Å²) in [6.07, 6.45) is 2.12. The lowest BCUT2D eigenvalue weighted by atomic mass is 9.92. The highest BCUT2D eigenvalue weighted by Crippen LogP contribution is 2.24. The van der Waals surface area contributed by atoms with E-state index in [4.69, 9.17) is 5.14 Å². The number of hydrogen-bond donors (Lipinski definition) is 1. The van der Waals surface area contributed by atoms with Crippen LogP contribution in [0.15, 0.2) is 4.90 Å². The molecule has 0 unspecified atom stereocenters. The Labute approximate surface area is 116 Å². The maximum absolute atomic E-state index is 11.7. The predicted octanol–water partition coefficient (Wildman–Crippen LogP) is 2.09. The molecule has 0 bridgehead atoms. The number of sulfonamides is 1. The standard InChI is InChI=1S/C13H25N3O2S/c1-6-10-12(19(14,17)18)11(7-2)16(15-10)9-8-13(3,4)5/h6-9H2,1-5H3,(H2,14,17,18). The molecular weight excluding hydrogens is 262 g/mol. The Balaban J connectivity index is 3.24. The van der Waals surface area contributed by atoms with Crippen molar-refractivity contribution in [2.45, 2.75) is 65.3 Å². The average molecular weight is 287 g/mol. The van der Waals surface area contributed by atoms with E-state index in [1.165, 1.54) is 0 Å². The van der Waals surface area contributed by atoms with Crippen molar-refractivity contribution >= 4 is 10.0 Å². The minimum Gasteiger partial charge on any atom is -0.268 e. The summed E-state index contributed by atoms with van der Waals surface area (Å²) < 4.78 is 25.3. The van der Waals surface area contributed by atoms with Gasteiger partial charge in [-0.15, -0.1) is 0 Å². The Bertz CT molecular complexity index is 539. The third kappa shape index (κ3) is 4.04. The highest BCUT2D eigenvalue weighted by molar-refractivity contribution is 7.89. The van der Waals surface area contributed by atoms with E-state index in [1.54, 1.807) is 0 Å². The molecule has 2 N–H and O–H groups in total. The van der Waals surface area contributed by atoms with Gasteiger partial charge in [-0.1, -0.05) is 34.6 Å². The fourth-order valence-corrected chi connectivity index (χ4v) is 3.16. The molecule has 1 heterocycles. The maximum Gasteiger partial charge on any atom is 0.241 e. The zero-order valence-corrected chi connectivity index (χ0v) is 13.3. The molecule has 5 nitrogen and oxygen atoms in total. The molecule has 6 heteroatoms. The van der Waals surface area contributed by atoms with Crippen molar-refractivity contribution in [1.82, 2.24) is 9.78 Å². The van der Waals surface area contributed by atoms with Crippen LogP contribution in [0, 0.1) is 5.41 Å². The fourth-order valence-electron chi connectivity index (χ4n) is 2.06. The lowest BCUT2D eigenvalue weighted by Gasteiger charge is -2.18. The van der Waals surface area contributed by atoms with Gasteiger partial charge in [-0.25, -0.2) is 13.6 Å². The van der Waals surface area contributed by atoms with Gasteiger partial charge in [0.1, 0.15) is 4.90 Å². The molecule has 0 aromatic carbocycles. The highest BCUT2D eigenvalue weighted by Gasteiger charge is 2.24. The smallest absolute Gasteiger partial charge is 0.241 e. The third-order valence-electron chi connectivity index (χ3n) is 3.11. The van der Waals surface area contributed by atoms with Crippen LogP contribution in [0.25, 0.3) is 0 Å². The number of primary sulfonamides is 1. The first-order valence-corrected chi connectivity index (χ1v) is 8.26. The molecule has 1 rings (SSSR count). The average Bonchev–Trinajstić information content (AvgIpc) is 2.62. The van der Waals surface area contributed by atoms with Gasteiger partial charge in [0.2, 0.25) is 10.0 Å². The van der Waals surface area contributed by atoms with E-state index in [1.807, 2.05) is 18.5 Å². The Morgan fingerprint density at radius 1 is 1.21 bits per heavy atom. The number of aryl methyl sites for hydroxylation is 2. The second-order valence-electron chi connectivity index (χ2n) is 6.01. The van der Waals surface area contributed by atoms with Crippen LogP contribution < -0.4 is 5.14 Å². The maximum atomic E-state index is 11.7. The first-order chi connectivity index (χ1) is 8.60. The third-order valence-corrected chi connectivity index (χ3v) is 4.15. The Morgan fingerprint density at radius 3 is 2.16 bits per heavy atom. The number of hydrogen-bond acceptors (Lipinski definition) is 3. The van der Waals surface area contributed by atoms with Crippen LogP contribution in [-0.4, -0.2) is 18.2 Å². The van der Waals surface area contributed by atoms with Crippen molar-refractivity contribution in [3.8, 4) is 0 Å². The van der Waals surface area contributed by atoms with E-state index >= 15 is 0 Å². The van der Waals surface area contributed by atoms with E-state index in [0.29, 0.717) is 18.5 Å². The van der Waals surface area contributed by atoms with Crippen molar-refractivity contribution in [1.29, 1.82) is 0 Å². The van der Waals surface area contributed by atoms with Crippen LogP contribution in [0.5, 0.6) is 0 Å². The molecule has 0 aliphatic rings. The quantitative estimate of drug-likeness (QED) is 0.900. The summed E-state index contributed by atoms with van der Waals surface area (Å²) in [6.45, 7) is 11.0. The lowest BCUT2D eigenvalue weighted by Crippen LogP contribution is -2.17. The molecule has 0 fully saturated rings. The fraction of sp³-hybridized carbons (Fsp3) is 0.769. The summed E-state index contributed by atoms with van der Waals surface area (Å²) in [5, 5.41) is 9.75. The van der Waals surface area contributed by atoms with Crippen molar-refractivity contribution < 1.29 is 8.42 Å². The van der Waals surface area contributed by atoms with E-state index in [-0.39, 0.29) is 10.3 Å². The summed E-state index contributed by atoms with van der Waals surface area (Å²) in [4.78, 5) is 0.228. The molecule has 110 valence electrons. The Kier molecular flexibility index (Phi) is 4.79. The Hall–Kier alpha value is -0.880. The summed E-state index contributed by atoms with van der Waals surface area (Å²) in [5.41, 5.74) is 1.49. The van der Waals surface area contributed by atoms with E-state index in [9.17, 15) is 8.42 Å². The first kappa shape index (κ1) is 16.2. The van der Waals surface area contributed by atoms with Crippen LogP contribution in [0.3, 0.4) is 0 Å². The largest absolute Gasteiger partial charge is 0.268 e. The lowest BCUT2D eigenvalue weighted by molar-refractivity contribution is 0.337. The molecule has 1 aromatic heterocycles. The zero-order chi connectivity index (χ0) is 14.8. The first-order valence-electron chi connectivity index (χ1n) is 6.71. The Morgan fingerprint density at radius 2 is 1.79 bits per heavy atom. The number of rotatable bonds is 5. The monoisotopic (exact) mass is 287 g/mol. The van der Waals surface area contributed by atoms with Gasteiger partial charge in [0.15, 0.2) is 0 Å². The molecule has 1 aromatic rings. The topological polar surface area (TPSA) is 78.0 Å². The SMILES string of the molecule is CCc1nn(CCC(C)(C)C)c(CC)c1S(N)(=O)=O. The highest BCUT2D eigenvalue weighted by atomic mass is 32.2. The molecular formula is C13H25N3O2S. The van der Waals surface area contributed by atoms with Gasteiger partial charge >= 0.3 is 0 Å². The second kappa shape index (κ2) is 5.63. The van der Waals surface area contributed by atoms with Crippen LogP contribution in [0.1, 0.15) is 52.4 Å². The van der Waals surface area contributed by atoms with Crippen LogP contribution in [-0.2, 0) is 29.4 Å². The minimum absolute atomic E-state index is 0.186. The van der Waals surface area contributed by atoms with E-state index in [0.717, 1.165) is 18.7 Å². The van der Waals surface area contributed by atoms with Gasteiger partial charge in [0, 0.05) is 6.54 Å². The van der Waals surface area contributed by atoms with Crippen LogP contribution in [0.4, 0.5) is 0 Å². The minimum atomic E-state index is -3.70. The zero-order valence-electron chi connectivity index (χ0n) is 12.5. The molecule has 0 radical (unpaired) electrons. The van der Waals surface area contributed by atoms with Gasteiger partial charge in [-0.2, -0.15) is 5.10 Å². The second-order valence-corrected chi connectivity index (χ2v) is 7.51. The normalized spacial score (nSPS) is 12.9. The predicted molar refractivity (Wildman–Crippen MR) is 76.4 cm³/mol. The van der Waals surface area contributed by atoms with Gasteiger partial charge < -0.3 is 0 Å². The van der Waals surface area contributed by atoms with Gasteiger partial charge in [0.25, 0.3) is 0 Å². The molecule has 0 aliphatic heterocycles. The van der Waals surface area contributed by atoms with Crippen molar-refractivity contribution in [3.63, 3.8) is 0 Å². The van der Waals surface area contributed by atoms with Crippen molar-refractivity contribution in [2.24, 2.45) is 10.6 Å². The summed E-state index contributed by atoms with van der Waals surface area (Å²) in [6, 6.07) is 0. The van der Waals surface area contributed by atoms with Crippen molar-refractivity contribution in [3.05, 3.63) is 11.4 Å². The van der Waals surface area contributed by atoms with Gasteiger partial charge in [-0.3, -0.25) is 4.68 Å². The number of aromatic nitrogens is 2. The molecule has 19 heavy (non-hydrogen) atoms. The number of nitrogens with zero attached hydrogens (tertiary/aromatic N) is 2. The van der Waals surface area contributed by atoms with Crippen molar-refractivity contribution in [2.75, 3.05) is 0 Å². The molecule has 0 saturated heterocycles. The molecule has 0 amide bonds.